The summed E-state index contributed by atoms with van der Waals surface area (Å²) in [5.41, 5.74) is 2.08. The highest BCUT2D eigenvalue weighted by Gasteiger charge is 2.18. The molecule has 0 saturated heterocycles. The van der Waals surface area contributed by atoms with Crippen LogP contribution in [0.3, 0.4) is 0 Å². The average Bonchev–Trinajstić information content (AvgIpc) is 2.73. The summed E-state index contributed by atoms with van der Waals surface area (Å²) in [6, 6.07) is 5.27. The Bertz CT molecular complexity index is 607. The Morgan fingerprint density at radius 2 is 2.22 bits per heavy atom. The first-order valence-corrected chi connectivity index (χ1v) is 6.73. The van der Waals surface area contributed by atoms with Gasteiger partial charge in [0.25, 0.3) is 0 Å². The Morgan fingerprint density at radius 1 is 1.50 bits per heavy atom. The molecule has 0 spiro atoms. The van der Waals surface area contributed by atoms with Gasteiger partial charge in [-0.2, -0.15) is 5.10 Å². The highest BCUT2D eigenvalue weighted by Crippen LogP contribution is 2.22. The van der Waals surface area contributed by atoms with Crippen molar-refractivity contribution in [1.29, 1.82) is 0 Å². The third kappa shape index (κ3) is 2.35. The van der Waals surface area contributed by atoms with E-state index in [1.54, 1.807) is 29.1 Å². The fourth-order valence-electron chi connectivity index (χ4n) is 1.75. The van der Waals surface area contributed by atoms with Crippen LogP contribution in [0, 0.1) is 6.92 Å². The highest BCUT2D eigenvalue weighted by molar-refractivity contribution is 9.10. The second-order valence-corrected chi connectivity index (χ2v) is 5.21. The van der Waals surface area contributed by atoms with Gasteiger partial charge in [0.15, 0.2) is 0 Å². The van der Waals surface area contributed by atoms with Crippen molar-refractivity contribution in [1.82, 2.24) is 9.78 Å². The zero-order chi connectivity index (χ0) is 13.3. The van der Waals surface area contributed by atoms with Gasteiger partial charge in [0.05, 0.1) is 10.7 Å². The zero-order valence-corrected chi connectivity index (χ0v) is 12.4. The average molecular weight is 328 g/mol. The summed E-state index contributed by atoms with van der Waals surface area (Å²) < 4.78 is 2.39. The van der Waals surface area contributed by atoms with Gasteiger partial charge in [-0.3, -0.25) is 9.48 Å². The van der Waals surface area contributed by atoms with E-state index in [0.29, 0.717) is 27.3 Å². The molecule has 1 aromatic heterocycles. The lowest BCUT2D eigenvalue weighted by molar-refractivity contribution is 0.102. The summed E-state index contributed by atoms with van der Waals surface area (Å²) in [7, 11) is 0. The van der Waals surface area contributed by atoms with Crippen molar-refractivity contribution in [2.45, 2.75) is 20.4 Å². The number of aryl methyl sites for hydroxylation is 2. The number of rotatable bonds is 3. The van der Waals surface area contributed by atoms with Crippen molar-refractivity contribution in [2.24, 2.45) is 0 Å². The van der Waals surface area contributed by atoms with Gasteiger partial charge in [-0.25, -0.2) is 0 Å². The minimum absolute atomic E-state index is 0.0546. The summed E-state index contributed by atoms with van der Waals surface area (Å²) in [6.45, 7) is 4.48. The number of hydrogen-bond donors (Lipinski definition) is 0. The van der Waals surface area contributed by atoms with Gasteiger partial charge in [0.1, 0.15) is 5.69 Å². The van der Waals surface area contributed by atoms with Crippen LogP contribution < -0.4 is 0 Å². The van der Waals surface area contributed by atoms with E-state index < -0.39 is 0 Å². The molecule has 0 amide bonds. The third-order valence-electron chi connectivity index (χ3n) is 2.73. The summed E-state index contributed by atoms with van der Waals surface area (Å²) in [6.07, 6.45) is 1.64. The molecule has 0 N–H and O–H groups in total. The summed E-state index contributed by atoms with van der Waals surface area (Å²) >= 11 is 9.32. The summed E-state index contributed by atoms with van der Waals surface area (Å²) in [5, 5.41) is 4.81. The van der Waals surface area contributed by atoms with Crippen LogP contribution in [-0.2, 0) is 6.54 Å². The molecule has 0 aliphatic carbocycles. The molecule has 0 fully saturated rings. The van der Waals surface area contributed by atoms with Crippen molar-refractivity contribution >= 4 is 33.3 Å². The van der Waals surface area contributed by atoms with Crippen LogP contribution in [0.15, 0.2) is 28.9 Å². The van der Waals surface area contributed by atoms with Crippen molar-refractivity contribution in [3.8, 4) is 0 Å². The van der Waals surface area contributed by atoms with E-state index in [1.807, 2.05) is 13.8 Å². The predicted molar refractivity (Wildman–Crippen MR) is 75.2 cm³/mol. The number of ketones is 1. The van der Waals surface area contributed by atoms with E-state index in [1.165, 1.54) is 0 Å². The number of carbonyl (C=O) groups is 1. The van der Waals surface area contributed by atoms with Crippen LogP contribution in [0.2, 0.25) is 5.02 Å². The summed E-state index contributed by atoms with van der Waals surface area (Å²) in [4.78, 5) is 12.4. The fourth-order valence-corrected chi connectivity index (χ4v) is 2.34. The lowest BCUT2D eigenvalue weighted by Crippen LogP contribution is -2.11. The SMILES string of the molecule is CCn1ncc(Br)c1C(=O)c1ccc(Cl)c(C)c1. The maximum absolute atomic E-state index is 12.4. The fraction of sp³-hybridized carbons (Fsp3) is 0.231. The van der Waals surface area contributed by atoms with E-state index in [2.05, 4.69) is 21.0 Å². The quantitative estimate of drug-likeness (QED) is 0.802. The minimum atomic E-state index is -0.0546. The van der Waals surface area contributed by atoms with E-state index in [-0.39, 0.29) is 5.78 Å². The van der Waals surface area contributed by atoms with Crippen LogP contribution in [-0.4, -0.2) is 15.6 Å². The van der Waals surface area contributed by atoms with Crippen molar-refractivity contribution in [3.63, 3.8) is 0 Å². The molecule has 0 radical (unpaired) electrons. The molecule has 2 rings (SSSR count). The molecule has 2 aromatic rings. The molecule has 0 aliphatic rings. The van der Waals surface area contributed by atoms with Crippen molar-refractivity contribution in [3.05, 3.63) is 50.7 Å². The number of nitrogens with zero attached hydrogens (tertiary/aromatic N) is 2. The molecule has 0 atom stereocenters. The van der Waals surface area contributed by atoms with Gasteiger partial charge in [-0.1, -0.05) is 11.6 Å². The molecular weight excluding hydrogens is 316 g/mol. The van der Waals surface area contributed by atoms with Crippen LogP contribution in [0.1, 0.15) is 28.5 Å². The first kappa shape index (κ1) is 13.3. The first-order chi connectivity index (χ1) is 8.54. The van der Waals surface area contributed by atoms with E-state index in [0.717, 1.165) is 5.56 Å². The standard InChI is InChI=1S/C13H12BrClN2O/c1-3-17-12(10(14)7-16-17)13(18)9-4-5-11(15)8(2)6-9/h4-7H,3H2,1-2H3. The molecule has 18 heavy (non-hydrogen) atoms. The monoisotopic (exact) mass is 326 g/mol. The third-order valence-corrected chi connectivity index (χ3v) is 3.73. The summed E-state index contributed by atoms with van der Waals surface area (Å²) in [5.74, 6) is -0.0546. The molecule has 1 aromatic carbocycles. The van der Waals surface area contributed by atoms with E-state index >= 15 is 0 Å². The van der Waals surface area contributed by atoms with Gasteiger partial charge in [0.2, 0.25) is 5.78 Å². The van der Waals surface area contributed by atoms with Crippen LogP contribution in [0.5, 0.6) is 0 Å². The topological polar surface area (TPSA) is 34.9 Å². The maximum atomic E-state index is 12.4. The zero-order valence-electron chi connectivity index (χ0n) is 10.1. The largest absolute Gasteiger partial charge is 0.287 e. The Balaban J connectivity index is 2.47. The maximum Gasteiger partial charge on any atom is 0.212 e. The Hall–Kier alpha value is -1.13. The number of benzene rings is 1. The Morgan fingerprint density at radius 3 is 2.83 bits per heavy atom. The lowest BCUT2D eigenvalue weighted by atomic mass is 10.1. The number of hydrogen-bond acceptors (Lipinski definition) is 2. The van der Waals surface area contributed by atoms with Gasteiger partial charge < -0.3 is 0 Å². The molecule has 0 saturated carbocycles. The highest BCUT2D eigenvalue weighted by atomic mass is 79.9. The molecule has 0 unspecified atom stereocenters. The second kappa shape index (κ2) is 5.24. The molecule has 3 nitrogen and oxygen atoms in total. The normalized spacial score (nSPS) is 10.7. The van der Waals surface area contributed by atoms with Gasteiger partial charge in [-0.15, -0.1) is 0 Å². The predicted octanol–water partition coefficient (Wildman–Crippen LogP) is 3.86. The first-order valence-electron chi connectivity index (χ1n) is 5.56. The van der Waals surface area contributed by atoms with Crippen LogP contribution in [0.4, 0.5) is 0 Å². The van der Waals surface area contributed by atoms with Gasteiger partial charge in [-0.05, 0) is 53.5 Å². The van der Waals surface area contributed by atoms with Gasteiger partial charge in [0, 0.05) is 17.1 Å². The molecule has 94 valence electrons. The van der Waals surface area contributed by atoms with E-state index in [9.17, 15) is 4.79 Å². The van der Waals surface area contributed by atoms with Crippen LogP contribution in [0.25, 0.3) is 0 Å². The molecule has 1 heterocycles. The molecular formula is C13H12BrClN2O. The van der Waals surface area contributed by atoms with Crippen LogP contribution >= 0.6 is 27.5 Å². The number of halogens is 2. The number of carbonyl (C=O) groups excluding carboxylic acids is 1. The molecule has 0 aliphatic heterocycles. The Kier molecular flexibility index (Phi) is 3.88. The minimum Gasteiger partial charge on any atom is -0.287 e. The molecule has 5 heteroatoms. The molecule has 0 bridgehead atoms. The van der Waals surface area contributed by atoms with Crippen molar-refractivity contribution in [2.75, 3.05) is 0 Å². The Labute approximate surface area is 119 Å². The van der Waals surface area contributed by atoms with Gasteiger partial charge >= 0.3 is 0 Å². The lowest BCUT2D eigenvalue weighted by Gasteiger charge is -2.06. The van der Waals surface area contributed by atoms with E-state index in [4.69, 9.17) is 11.6 Å². The van der Waals surface area contributed by atoms with Crippen molar-refractivity contribution < 1.29 is 4.79 Å². The second-order valence-electron chi connectivity index (χ2n) is 3.95. The smallest absolute Gasteiger partial charge is 0.212 e. The number of aromatic nitrogens is 2.